The van der Waals surface area contributed by atoms with Crippen LogP contribution < -0.4 is 19.0 Å². The molecule has 0 amide bonds. The summed E-state index contributed by atoms with van der Waals surface area (Å²) in [5.74, 6) is 2.33. The molecule has 0 atom stereocenters. The lowest BCUT2D eigenvalue weighted by Gasteiger charge is -2.12. The van der Waals surface area contributed by atoms with Gasteiger partial charge in [0.05, 0.1) is 33.6 Å². The van der Waals surface area contributed by atoms with Crippen molar-refractivity contribution >= 4 is 17.0 Å². The van der Waals surface area contributed by atoms with Crippen LogP contribution in [-0.2, 0) is 6.42 Å². The Balaban J connectivity index is 2.06. The monoisotopic (exact) mass is 437 g/mol. The molecule has 0 fully saturated rings. The van der Waals surface area contributed by atoms with Crippen LogP contribution in [0.5, 0.6) is 17.2 Å². The Kier molecular flexibility index (Phi) is 7.67. The summed E-state index contributed by atoms with van der Waals surface area (Å²) < 4.78 is 18.1. The van der Waals surface area contributed by atoms with Crippen LogP contribution >= 0.6 is 11.3 Å². The standard InChI is InChI=1S/C24H27N3O3S/c1-6-13-25-24-27(26-17(2)14-18-7-9-19(28-3)10-8-18)22(16-31-24)21-15-20(29-4)11-12-23(21)30-5/h6-12,15-16H,1,13-14H2,2-5H3. The normalized spacial score (nSPS) is 12.0. The molecule has 0 N–H and O–H groups in total. The maximum Gasteiger partial charge on any atom is 0.206 e. The van der Waals surface area contributed by atoms with Gasteiger partial charge in [0, 0.05) is 23.1 Å². The van der Waals surface area contributed by atoms with E-state index in [4.69, 9.17) is 19.3 Å². The van der Waals surface area contributed by atoms with Gasteiger partial charge in [-0.1, -0.05) is 18.2 Å². The van der Waals surface area contributed by atoms with E-state index in [0.29, 0.717) is 13.0 Å². The Morgan fingerprint density at radius 3 is 2.39 bits per heavy atom. The minimum absolute atomic E-state index is 0.516. The topological polar surface area (TPSA) is 57.3 Å². The third-order valence-electron chi connectivity index (χ3n) is 4.61. The lowest BCUT2D eigenvalue weighted by atomic mass is 10.1. The number of benzene rings is 2. The zero-order valence-electron chi connectivity index (χ0n) is 18.3. The molecule has 0 saturated heterocycles. The Morgan fingerprint density at radius 2 is 1.74 bits per heavy atom. The largest absolute Gasteiger partial charge is 0.497 e. The smallest absolute Gasteiger partial charge is 0.206 e. The number of hydrogen-bond acceptors (Lipinski definition) is 6. The zero-order valence-corrected chi connectivity index (χ0v) is 19.1. The summed E-state index contributed by atoms with van der Waals surface area (Å²) in [7, 11) is 4.97. The molecule has 2 aromatic carbocycles. The summed E-state index contributed by atoms with van der Waals surface area (Å²) in [6.07, 6.45) is 2.48. The first-order valence-electron chi connectivity index (χ1n) is 9.81. The lowest BCUT2D eigenvalue weighted by Crippen LogP contribution is -2.15. The molecule has 3 aromatic rings. The molecule has 0 aliphatic rings. The second-order valence-corrected chi connectivity index (χ2v) is 7.61. The molecule has 7 heteroatoms. The molecule has 1 heterocycles. The summed E-state index contributed by atoms with van der Waals surface area (Å²) in [5, 5.41) is 6.94. The van der Waals surface area contributed by atoms with Crippen LogP contribution in [0.2, 0.25) is 0 Å². The van der Waals surface area contributed by atoms with Crippen LogP contribution in [0, 0.1) is 0 Å². The van der Waals surface area contributed by atoms with Crippen molar-refractivity contribution in [2.45, 2.75) is 13.3 Å². The molecular formula is C24H27N3O3S. The van der Waals surface area contributed by atoms with E-state index in [0.717, 1.165) is 44.6 Å². The predicted octanol–water partition coefficient (Wildman–Crippen LogP) is 4.80. The van der Waals surface area contributed by atoms with E-state index in [2.05, 4.69) is 11.6 Å². The molecule has 3 rings (SSSR count). The van der Waals surface area contributed by atoms with E-state index in [-0.39, 0.29) is 0 Å². The van der Waals surface area contributed by atoms with Gasteiger partial charge in [-0.25, -0.2) is 4.68 Å². The quantitative estimate of drug-likeness (QED) is 0.357. The highest BCUT2D eigenvalue weighted by Gasteiger charge is 2.14. The van der Waals surface area contributed by atoms with Gasteiger partial charge in [0.1, 0.15) is 17.2 Å². The van der Waals surface area contributed by atoms with Gasteiger partial charge in [-0.2, -0.15) is 5.10 Å². The summed E-state index contributed by atoms with van der Waals surface area (Å²) in [6.45, 7) is 6.30. The highest BCUT2D eigenvalue weighted by Crippen LogP contribution is 2.33. The molecule has 0 spiro atoms. The molecule has 1 aromatic heterocycles. The molecule has 0 aliphatic heterocycles. The molecule has 0 aliphatic carbocycles. The van der Waals surface area contributed by atoms with Crippen molar-refractivity contribution in [1.82, 2.24) is 4.68 Å². The SMILES string of the molecule is C=CCN=c1scc(-c2cc(OC)ccc2OC)n1N=C(C)Cc1ccc(OC)cc1. The molecular weight excluding hydrogens is 410 g/mol. The van der Waals surface area contributed by atoms with Crippen molar-refractivity contribution in [2.24, 2.45) is 10.1 Å². The summed E-state index contributed by atoms with van der Waals surface area (Å²) in [6, 6.07) is 13.7. The van der Waals surface area contributed by atoms with Gasteiger partial charge < -0.3 is 14.2 Å². The predicted molar refractivity (Wildman–Crippen MR) is 127 cm³/mol. The molecule has 0 bridgehead atoms. The fourth-order valence-electron chi connectivity index (χ4n) is 3.09. The summed E-state index contributed by atoms with van der Waals surface area (Å²) in [5.41, 5.74) is 3.88. The van der Waals surface area contributed by atoms with Crippen LogP contribution in [-0.4, -0.2) is 38.3 Å². The first kappa shape index (κ1) is 22.4. The fourth-order valence-corrected chi connectivity index (χ4v) is 3.92. The van der Waals surface area contributed by atoms with Crippen molar-refractivity contribution in [2.75, 3.05) is 27.9 Å². The van der Waals surface area contributed by atoms with E-state index in [1.54, 1.807) is 27.4 Å². The number of ether oxygens (including phenoxy) is 3. The van der Waals surface area contributed by atoms with Gasteiger partial charge in [0.25, 0.3) is 0 Å². The summed E-state index contributed by atoms with van der Waals surface area (Å²) >= 11 is 1.53. The van der Waals surface area contributed by atoms with Gasteiger partial charge in [0.2, 0.25) is 4.80 Å². The second-order valence-electron chi connectivity index (χ2n) is 6.77. The van der Waals surface area contributed by atoms with Gasteiger partial charge in [-0.05, 0) is 42.8 Å². The third kappa shape index (κ3) is 5.44. The third-order valence-corrected chi connectivity index (χ3v) is 5.47. The average Bonchev–Trinajstić information content (AvgIpc) is 3.19. The average molecular weight is 438 g/mol. The van der Waals surface area contributed by atoms with Crippen LogP contribution in [0.1, 0.15) is 12.5 Å². The van der Waals surface area contributed by atoms with Crippen molar-refractivity contribution in [3.8, 4) is 28.5 Å². The fraction of sp³-hybridized carbons (Fsp3) is 0.250. The number of methoxy groups -OCH3 is 3. The van der Waals surface area contributed by atoms with Crippen LogP contribution in [0.15, 0.2) is 70.6 Å². The molecule has 162 valence electrons. The van der Waals surface area contributed by atoms with E-state index in [1.807, 2.05) is 59.4 Å². The zero-order chi connectivity index (χ0) is 22.2. The van der Waals surface area contributed by atoms with Crippen molar-refractivity contribution in [1.29, 1.82) is 0 Å². The van der Waals surface area contributed by atoms with Gasteiger partial charge >= 0.3 is 0 Å². The number of rotatable bonds is 9. The number of thiazole rings is 1. The van der Waals surface area contributed by atoms with E-state index < -0.39 is 0 Å². The van der Waals surface area contributed by atoms with Crippen LogP contribution in [0.3, 0.4) is 0 Å². The second kappa shape index (κ2) is 10.6. The maximum absolute atomic E-state index is 5.60. The number of nitrogens with zero attached hydrogens (tertiary/aromatic N) is 3. The highest BCUT2D eigenvalue weighted by atomic mass is 32.1. The van der Waals surface area contributed by atoms with E-state index >= 15 is 0 Å². The first-order valence-corrected chi connectivity index (χ1v) is 10.7. The van der Waals surface area contributed by atoms with Crippen molar-refractivity contribution < 1.29 is 14.2 Å². The van der Waals surface area contributed by atoms with E-state index in [9.17, 15) is 0 Å². The van der Waals surface area contributed by atoms with Gasteiger partial charge in [-0.3, -0.25) is 4.99 Å². The number of aromatic nitrogens is 1. The minimum atomic E-state index is 0.516. The first-order chi connectivity index (χ1) is 15.1. The van der Waals surface area contributed by atoms with Crippen molar-refractivity contribution in [3.63, 3.8) is 0 Å². The van der Waals surface area contributed by atoms with E-state index in [1.165, 1.54) is 11.3 Å². The van der Waals surface area contributed by atoms with Gasteiger partial charge in [0.15, 0.2) is 0 Å². The Bertz CT molecular complexity index is 1130. The van der Waals surface area contributed by atoms with Gasteiger partial charge in [-0.15, -0.1) is 17.9 Å². The molecule has 6 nitrogen and oxygen atoms in total. The van der Waals surface area contributed by atoms with Crippen LogP contribution in [0.25, 0.3) is 11.3 Å². The maximum atomic E-state index is 5.60. The number of hydrogen-bond donors (Lipinski definition) is 0. The Labute approximate surface area is 186 Å². The molecule has 0 unspecified atom stereocenters. The Morgan fingerprint density at radius 1 is 1.03 bits per heavy atom. The highest BCUT2D eigenvalue weighted by molar-refractivity contribution is 7.07. The molecule has 31 heavy (non-hydrogen) atoms. The molecule has 0 saturated carbocycles. The Hall–Kier alpha value is -3.32. The lowest BCUT2D eigenvalue weighted by molar-refractivity contribution is 0.404. The van der Waals surface area contributed by atoms with Crippen molar-refractivity contribution in [3.05, 3.63) is 70.9 Å². The molecule has 0 radical (unpaired) electrons. The van der Waals surface area contributed by atoms with Crippen LogP contribution in [0.4, 0.5) is 0 Å². The summed E-state index contributed by atoms with van der Waals surface area (Å²) in [4.78, 5) is 5.41. The minimum Gasteiger partial charge on any atom is -0.497 e.